The zero-order valence-corrected chi connectivity index (χ0v) is 10.3. The topological polar surface area (TPSA) is 67.3 Å². The van der Waals surface area contributed by atoms with Crippen molar-refractivity contribution in [2.24, 2.45) is 5.92 Å². The second kappa shape index (κ2) is 9.51. The highest BCUT2D eigenvalue weighted by molar-refractivity contribution is 5.96. The van der Waals surface area contributed by atoms with Crippen molar-refractivity contribution in [3.63, 3.8) is 0 Å². The fraction of sp³-hybridized carbons (Fsp3) is 0.462. The summed E-state index contributed by atoms with van der Waals surface area (Å²) >= 11 is 0. The molecule has 0 saturated heterocycles. The van der Waals surface area contributed by atoms with Gasteiger partial charge in [-0.2, -0.15) is 0 Å². The Morgan fingerprint density at radius 2 is 1.82 bits per heavy atom. The van der Waals surface area contributed by atoms with E-state index >= 15 is 0 Å². The Bertz CT molecular complexity index is 284. The summed E-state index contributed by atoms with van der Waals surface area (Å²) in [5.41, 5.74) is 0. The molecule has 0 fully saturated rings. The molecule has 0 spiro atoms. The lowest BCUT2D eigenvalue weighted by Gasteiger charge is -2.05. The number of rotatable bonds is 5. The highest BCUT2D eigenvalue weighted by Gasteiger charge is 2.20. The van der Waals surface area contributed by atoms with Crippen LogP contribution in [0.5, 0.6) is 0 Å². The van der Waals surface area contributed by atoms with Crippen LogP contribution in [0.3, 0.4) is 0 Å². The van der Waals surface area contributed by atoms with E-state index in [0.717, 1.165) is 12.8 Å². The third kappa shape index (κ3) is 8.13. The van der Waals surface area contributed by atoms with Crippen molar-refractivity contribution in [1.29, 1.82) is 0 Å². The predicted molar refractivity (Wildman–Crippen MR) is 65.6 cm³/mol. The van der Waals surface area contributed by atoms with Gasteiger partial charge in [0.1, 0.15) is 11.7 Å². The normalized spacial score (nSPS) is 10.9. The standard InChI is InChI=1S/C8H14O3.C5H5N/c1-3-4-5-7(6(2)9)8(10)11;1-2-4-6-5-3-1/h7H,3-5H2,1-2H3,(H,10,11);1-5H. The maximum Gasteiger partial charge on any atom is 0.314 e. The van der Waals surface area contributed by atoms with Crippen LogP contribution in [0.15, 0.2) is 30.6 Å². The van der Waals surface area contributed by atoms with Crippen molar-refractivity contribution in [3.05, 3.63) is 30.6 Å². The van der Waals surface area contributed by atoms with Gasteiger partial charge in [0.2, 0.25) is 0 Å². The molecule has 0 aliphatic heterocycles. The minimum absolute atomic E-state index is 0.244. The molecule has 0 aliphatic rings. The molecular formula is C13H19NO3. The minimum Gasteiger partial charge on any atom is -0.481 e. The molecule has 0 bridgehead atoms. The molecule has 0 saturated carbocycles. The number of hydrogen-bond donors (Lipinski definition) is 1. The van der Waals surface area contributed by atoms with Gasteiger partial charge in [-0.05, 0) is 25.5 Å². The van der Waals surface area contributed by atoms with Gasteiger partial charge in [-0.1, -0.05) is 25.8 Å². The van der Waals surface area contributed by atoms with Gasteiger partial charge in [0.15, 0.2) is 0 Å². The molecule has 4 nitrogen and oxygen atoms in total. The maximum atomic E-state index is 10.7. The Hall–Kier alpha value is -1.71. The summed E-state index contributed by atoms with van der Waals surface area (Å²) in [6.45, 7) is 3.30. The number of aliphatic carboxylic acids is 1. The Balaban J connectivity index is 0.000000354. The van der Waals surface area contributed by atoms with Gasteiger partial charge < -0.3 is 5.11 Å². The highest BCUT2D eigenvalue weighted by atomic mass is 16.4. The number of aromatic nitrogens is 1. The van der Waals surface area contributed by atoms with Crippen molar-refractivity contribution in [2.75, 3.05) is 0 Å². The van der Waals surface area contributed by atoms with Crippen LogP contribution >= 0.6 is 0 Å². The van der Waals surface area contributed by atoms with Gasteiger partial charge in [-0.3, -0.25) is 14.6 Å². The first-order valence-electron chi connectivity index (χ1n) is 5.67. The van der Waals surface area contributed by atoms with E-state index in [1.54, 1.807) is 12.4 Å². The summed E-state index contributed by atoms with van der Waals surface area (Å²) < 4.78 is 0. The number of unbranched alkanes of at least 4 members (excludes halogenated alkanes) is 1. The van der Waals surface area contributed by atoms with Crippen LogP contribution in [0.2, 0.25) is 0 Å². The van der Waals surface area contributed by atoms with Crippen LogP contribution in [-0.2, 0) is 9.59 Å². The van der Waals surface area contributed by atoms with Gasteiger partial charge in [-0.25, -0.2) is 0 Å². The van der Waals surface area contributed by atoms with Crippen molar-refractivity contribution in [2.45, 2.75) is 33.1 Å². The molecule has 94 valence electrons. The number of carbonyl (C=O) groups is 2. The minimum atomic E-state index is -0.994. The summed E-state index contributed by atoms with van der Waals surface area (Å²) in [6.07, 6.45) is 5.70. The molecule has 1 aromatic heterocycles. The third-order valence-corrected chi connectivity index (χ3v) is 2.20. The van der Waals surface area contributed by atoms with Crippen molar-refractivity contribution in [3.8, 4) is 0 Å². The summed E-state index contributed by atoms with van der Waals surface area (Å²) in [7, 11) is 0. The SMILES string of the molecule is CCCCC(C(C)=O)C(=O)O.c1ccncc1. The Kier molecular flexibility index (Phi) is 8.55. The van der Waals surface area contributed by atoms with Crippen LogP contribution < -0.4 is 0 Å². The number of ketones is 1. The first kappa shape index (κ1) is 15.3. The van der Waals surface area contributed by atoms with Gasteiger partial charge in [0.25, 0.3) is 0 Å². The van der Waals surface area contributed by atoms with Crippen LogP contribution in [0.1, 0.15) is 33.1 Å². The van der Waals surface area contributed by atoms with Gasteiger partial charge >= 0.3 is 5.97 Å². The van der Waals surface area contributed by atoms with Crippen molar-refractivity contribution < 1.29 is 14.7 Å². The molecule has 17 heavy (non-hydrogen) atoms. The number of nitrogens with zero attached hydrogens (tertiary/aromatic N) is 1. The predicted octanol–water partition coefficient (Wildman–Crippen LogP) is 2.55. The molecule has 4 heteroatoms. The van der Waals surface area contributed by atoms with Crippen LogP contribution in [-0.4, -0.2) is 21.8 Å². The molecule has 0 aromatic carbocycles. The first-order valence-corrected chi connectivity index (χ1v) is 5.67. The van der Waals surface area contributed by atoms with Gasteiger partial charge in [0, 0.05) is 12.4 Å². The zero-order chi connectivity index (χ0) is 13.1. The summed E-state index contributed by atoms with van der Waals surface area (Å²) in [4.78, 5) is 24.9. The van der Waals surface area contributed by atoms with E-state index in [1.807, 2.05) is 25.1 Å². The fourth-order valence-corrected chi connectivity index (χ4v) is 1.22. The lowest BCUT2D eigenvalue weighted by molar-refractivity contribution is -0.146. The number of carboxylic acids is 1. The van der Waals surface area contributed by atoms with Crippen molar-refractivity contribution >= 4 is 11.8 Å². The van der Waals surface area contributed by atoms with Crippen LogP contribution in [0.25, 0.3) is 0 Å². The molecule has 1 unspecified atom stereocenters. The van der Waals surface area contributed by atoms with E-state index in [9.17, 15) is 9.59 Å². The Morgan fingerprint density at radius 3 is 2.06 bits per heavy atom. The smallest absolute Gasteiger partial charge is 0.314 e. The van der Waals surface area contributed by atoms with E-state index < -0.39 is 11.9 Å². The second-order valence-electron chi connectivity index (χ2n) is 3.67. The van der Waals surface area contributed by atoms with Crippen LogP contribution in [0.4, 0.5) is 0 Å². The van der Waals surface area contributed by atoms with E-state index in [-0.39, 0.29) is 5.78 Å². The maximum absolute atomic E-state index is 10.7. The van der Waals surface area contributed by atoms with Crippen LogP contribution in [0, 0.1) is 5.92 Å². The van der Waals surface area contributed by atoms with E-state index in [1.165, 1.54) is 6.92 Å². The summed E-state index contributed by atoms with van der Waals surface area (Å²) in [5, 5.41) is 8.55. The number of carboxylic acid groups (broad SMARTS) is 1. The molecule has 1 heterocycles. The van der Waals surface area contributed by atoms with E-state index in [0.29, 0.717) is 6.42 Å². The average Bonchev–Trinajstić information content (AvgIpc) is 2.32. The quantitative estimate of drug-likeness (QED) is 0.799. The summed E-state index contributed by atoms with van der Waals surface area (Å²) in [5.74, 6) is -2.02. The number of carbonyl (C=O) groups excluding carboxylic acids is 1. The van der Waals surface area contributed by atoms with E-state index in [4.69, 9.17) is 5.11 Å². The fourth-order valence-electron chi connectivity index (χ4n) is 1.22. The highest BCUT2D eigenvalue weighted by Crippen LogP contribution is 2.09. The monoisotopic (exact) mass is 237 g/mol. The zero-order valence-electron chi connectivity index (χ0n) is 10.3. The Morgan fingerprint density at radius 1 is 1.24 bits per heavy atom. The lowest BCUT2D eigenvalue weighted by atomic mass is 9.99. The van der Waals surface area contributed by atoms with E-state index in [2.05, 4.69) is 4.98 Å². The Labute approximate surface area is 102 Å². The van der Waals surface area contributed by atoms with Gasteiger partial charge in [-0.15, -0.1) is 0 Å². The molecule has 1 aromatic rings. The first-order chi connectivity index (χ1) is 8.09. The summed E-state index contributed by atoms with van der Waals surface area (Å²) in [6, 6.07) is 5.72. The third-order valence-electron chi connectivity index (χ3n) is 2.20. The van der Waals surface area contributed by atoms with Crippen molar-refractivity contribution in [1.82, 2.24) is 4.98 Å². The molecule has 0 radical (unpaired) electrons. The molecule has 1 atom stereocenters. The molecular weight excluding hydrogens is 218 g/mol. The largest absolute Gasteiger partial charge is 0.481 e. The number of Topliss-reactive ketones (excluding diaryl/α,β-unsaturated/α-hetero) is 1. The number of hydrogen-bond acceptors (Lipinski definition) is 3. The second-order valence-corrected chi connectivity index (χ2v) is 3.67. The molecule has 0 amide bonds. The number of pyridine rings is 1. The molecule has 0 aliphatic carbocycles. The molecule has 1 N–H and O–H groups in total. The van der Waals surface area contributed by atoms with Gasteiger partial charge in [0.05, 0.1) is 0 Å². The lowest BCUT2D eigenvalue weighted by Crippen LogP contribution is -2.21. The average molecular weight is 237 g/mol. The molecule has 1 rings (SSSR count).